The van der Waals surface area contributed by atoms with Crippen LogP contribution in [-0.2, 0) is 16.4 Å². The van der Waals surface area contributed by atoms with Crippen molar-refractivity contribution in [3.05, 3.63) is 53.3 Å². The first-order chi connectivity index (χ1) is 14.4. The van der Waals surface area contributed by atoms with E-state index in [1.165, 1.54) is 23.4 Å². The lowest BCUT2D eigenvalue weighted by atomic mass is 9.91. The maximum absolute atomic E-state index is 13.0. The van der Waals surface area contributed by atoms with E-state index in [9.17, 15) is 13.2 Å². The smallest absolute Gasteiger partial charge is 0.270 e. The number of benzene rings is 1. The van der Waals surface area contributed by atoms with Gasteiger partial charge in [-0.3, -0.25) is 4.79 Å². The molecule has 1 aromatic carbocycles. The second-order valence-corrected chi connectivity index (χ2v) is 10.6. The quantitative estimate of drug-likeness (QED) is 0.763. The fraction of sp³-hybridized carbons (Fsp3) is 0.522. The third kappa shape index (κ3) is 4.62. The van der Waals surface area contributed by atoms with Gasteiger partial charge < -0.3 is 9.88 Å². The second kappa shape index (κ2) is 8.94. The van der Waals surface area contributed by atoms with Gasteiger partial charge in [0.2, 0.25) is 10.0 Å². The summed E-state index contributed by atoms with van der Waals surface area (Å²) >= 11 is 0. The number of likely N-dealkylation sites (tertiary alicyclic amines) is 1. The molecule has 1 amide bonds. The second-order valence-electron chi connectivity index (χ2n) is 8.62. The van der Waals surface area contributed by atoms with Crippen molar-refractivity contribution in [2.75, 3.05) is 26.2 Å². The first-order valence-corrected chi connectivity index (χ1v) is 12.4. The highest BCUT2D eigenvalue weighted by atomic mass is 32.2. The number of aromatic nitrogens is 1. The van der Waals surface area contributed by atoms with Crippen molar-refractivity contribution in [1.29, 1.82) is 0 Å². The third-order valence-electron chi connectivity index (χ3n) is 6.45. The number of sulfonamides is 1. The van der Waals surface area contributed by atoms with Gasteiger partial charge in [-0.05, 0) is 63.0 Å². The zero-order chi connectivity index (χ0) is 21.1. The molecule has 0 bridgehead atoms. The highest BCUT2D eigenvalue weighted by Gasteiger charge is 2.31. The van der Waals surface area contributed by atoms with E-state index < -0.39 is 10.0 Å². The number of H-pyrrole nitrogens is 1. The number of carbonyl (C=O) groups is 1. The normalized spacial score (nSPS) is 18.8. The molecule has 4 rings (SSSR count). The number of piperidine rings is 1. The topological polar surface area (TPSA) is 73.5 Å². The van der Waals surface area contributed by atoms with E-state index in [0.717, 1.165) is 51.6 Å². The summed E-state index contributed by atoms with van der Waals surface area (Å²) in [7, 11) is -3.56. The van der Waals surface area contributed by atoms with Gasteiger partial charge in [0.1, 0.15) is 10.6 Å². The van der Waals surface area contributed by atoms with Crippen LogP contribution in [0.15, 0.2) is 41.4 Å². The lowest BCUT2D eigenvalue weighted by Gasteiger charge is -2.31. The highest BCUT2D eigenvalue weighted by molar-refractivity contribution is 7.89. The molecule has 6 nitrogen and oxygen atoms in total. The predicted octanol–water partition coefficient (Wildman–Crippen LogP) is 3.59. The van der Waals surface area contributed by atoms with Crippen LogP contribution < -0.4 is 0 Å². The molecule has 1 aromatic heterocycles. The summed E-state index contributed by atoms with van der Waals surface area (Å²) < 4.78 is 27.7. The average Bonchev–Trinajstić information content (AvgIpc) is 3.46. The Morgan fingerprint density at radius 1 is 1.07 bits per heavy atom. The zero-order valence-electron chi connectivity index (χ0n) is 17.6. The van der Waals surface area contributed by atoms with Gasteiger partial charge in [0.15, 0.2) is 0 Å². The lowest BCUT2D eigenvalue weighted by molar-refractivity contribution is 0.0787. The number of aromatic amines is 1. The minimum Gasteiger partial charge on any atom is -0.356 e. The predicted molar refractivity (Wildman–Crippen MR) is 117 cm³/mol. The molecule has 0 atom stereocenters. The molecule has 0 spiro atoms. The van der Waals surface area contributed by atoms with E-state index in [4.69, 9.17) is 0 Å². The van der Waals surface area contributed by atoms with E-state index in [-0.39, 0.29) is 10.8 Å². The van der Waals surface area contributed by atoms with Gasteiger partial charge in [-0.1, -0.05) is 29.8 Å². The molecule has 2 aromatic rings. The summed E-state index contributed by atoms with van der Waals surface area (Å²) in [5.74, 6) is 0.444. The van der Waals surface area contributed by atoms with Crippen molar-refractivity contribution in [2.45, 2.75) is 50.3 Å². The molecule has 0 radical (unpaired) electrons. The molecule has 0 aliphatic carbocycles. The van der Waals surface area contributed by atoms with Crippen LogP contribution in [0, 0.1) is 12.8 Å². The Morgan fingerprint density at radius 2 is 1.73 bits per heavy atom. The fourth-order valence-corrected chi connectivity index (χ4v) is 5.91. The molecule has 2 aliphatic heterocycles. The summed E-state index contributed by atoms with van der Waals surface area (Å²) in [4.78, 5) is 17.4. The minimum atomic E-state index is -3.56. The van der Waals surface area contributed by atoms with Crippen molar-refractivity contribution in [3.8, 4) is 0 Å². The number of nitrogens with one attached hydrogen (secondary N) is 1. The van der Waals surface area contributed by atoms with Gasteiger partial charge in [0.25, 0.3) is 5.91 Å². The molecule has 0 saturated carbocycles. The third-order valence-corrected chi connectivity index (χ3v) is 8.33. The summed E-state index contributed by atoms with van der Waals surface area (Å²) in [5, 5.41) is 0. The summed E-state index contributed by atoms with van der Waals surface area (Å²) in [5.41, 5.74) is 2.98. The monoisotopic (exact) mass is 429 g/mol. The maximum atomic E-state index is 13.0. The summed E-state index contributed by atoms with van der Waals surface area (Å²) in [6.07, 6.45) is 7.38. The van der Waals surface area contributed by atoms with Crippen LogP contribution in [0.1, 0.15) is 53.7 Å². The molecule has 2 saturated heterocycles. The highest BCUT2D eigenvalue weighted by Crippen LogP contribution is 2.27. The molecule has 7 heteroatoms. The van der Waals surface area contributed by atoms with E-state index in [0.29, 0.717) is 24.7 Å². The molecular weight excluding hydrogens is 398 g/mol. The number of aryl methyl sites for hydroxylation is 2. The Hall–Kier alpha value is -2.12. The number of rotatable bonds is 6. The molecular formula is C23H31N3O3S. The van der Waals surface area contributed by atoms with E-state index in [1.54, 1.807) is 9.21 Å². The largest absolute Gasteiger partial charge is 0.356 e. The van der Waals surface area contributed by atoms with Crippen molar-refractivity contribution in [2.24, 2.45) is 5.92 Å². The van der Waals surface area contributed by atoms with Crippen molar-refractivity contribution >= 4 is 15.9 Å². The average molecular weight is 430 g/mol. The van der Waals surface area contributed by atoms with Crippen molar-refractivity contribution < 1.29 is 13.2 Å². The van der Waals surface area contributed by atoms with Crippen LogP contribution in [0.2, 0.25) is 0 Å². The van der Waals surface area contributed by atoms with Gasteiger partial charge in [0.05, 0.1) is 0 Å². The zero-order valence-corrected chi connectivity index (χ0v) is 18.5. The van der Waals surface area contributed by atoms with Gasteiger partial charge >= 0.3 is 0 Å². The molecule has 3 heterocycles. The standard InChI is InChI=1S/C23H31N3O3S/c1-18-4-6-19(7-5-18)8-9-20-10-14-26(15-11-20)30(28,29)21-16-22(24-17-21)23(27)25-12-2-3-13-25/h4-7,16-17,20,24H,2-3,8-15H2,1H3. The Labute approximate surface area is 179 Å². The van der Waals surface area contributed by atoms with Crippen LogP contribution in [0.3, 0.4) is 0 Å². The molecule has 0 unspecified atom stereocenters. The summed E-state index contributed by atoms with van der Waals surface area (Å²) in [6.45, 7) is 4.67. The SMILES string of the molecule is Cc1ccc(CCC2CCN(S(=O)(=O)c3c[nH]c(C(=O)N4CCCC4)c3)CC2)cc1. The molecule has 30 heavy (non-hydrogen) atoms. The number of hydrogen-bond donors (Lipinski definition) is 1. The number of amides is 1. The van der Waals surface area contributed by atoms with Crippen molar-refractivity contribution in [1.82, 2.24) is 14.2 Å². The van der Waals surface area contributed by atoms with E-state index in [2.05, 4.69) is 36.2 Å². The molecule has 162 valence electrons. The minimum absolute atomic E-state index is 0.108. The van der Waals surface area contributed by atoms with Crippen LogP contribution >= 0.6 is 0 Å². The van der Waals surface area contributed by atoms with Gasteiger partial charge in [-0.25, -0.2) is 8.42 Å². The Bertz CT molecular complexity index is 967. The van der Waals surface area contributed by atoms with Crippen LogP contribution in [0.4, 0.5) is 0 Å². The molecule has 1 N–H and O–H groups in total. The number of nitrogens with zero attached hydrogens (tertiary/aromatic N) is 2. The Balaban J connectivity index is 1.32. The molecule has 2 aliphatic rings. The lowest BCUT2D eigenvalue weighted by Crippen LogP contribution is -2.38. The first-order valence-electron chi connectivity index (χ1n) is 11.0. The van der Waals surface area contributed by atoms with Crippen LogP contribution in [0.25, 0.3) is 0 Å². The van der Waals surface area contributed by atoms with Gasteiger partial charge in [0, 0.05) is 32.4 Å². The number of hydrogen-bond acceptors (Lipinski definition) is 3. The fourth-order valence-electron chi connectivity index (χ4n) is 4.45. The van der Waals surface area contributed by atoms with Crippen LogP contribution in [0.5, 0.6) is 0 Å². The Kier molecular flexibility index (Phi) is 6.29. The van der Waals surface area contributed by atoms with E-state index in [1.807, 2.05) is 0 Å². The summed E-state index contributed by atoms with van der Waals surface area (Å²) in [6, 6.07) is 10.2. The maximum Gasteiger partial charge on any atom is 0.270 e. The Morgan fingerprint density at radius 3 is 2.40 bits per heavy atom. The molecule has 2 fully saturated rings. The van der Waals surface area contributed by atoms with Crippen molar-refractivity contribution in [3.63, 3.8) is 0 Å². The first kappa shape index (κ1) is 21.1. The van der Waals surface area contributed by atoms with E-state index >= 15 is 0 Å². The van der Waals surface area contributed by atoms with Gasteiger partial charge in [-0.15, -0.1) is 0 Å². The van der Waals surface area contributed by atoms with Gasteiger partial charge in [-0.2, -0.15) is 4.31 Å². The van der Waals surface area contributed by atoms with Crippen LogP contribution in [-0.4, -0.2) is 54.7 Å². The number of carbonyl (C=O) groups excluding carboxylic acids is 1.